The predicted octanol–water partition coefficient (Wildman–Crippen LogP) is 5.42. The Kier molecular flexibility index (Phi) is 10.2. The topological polar surface area (TPSA) is 188 Å². The van der Waals surface area contributed by atoms with Crippen LogP contribution in [0.15, 0.2) is 48.7 Å². The van der Waals surface area contributed by atoms with E-state index in [0.717, 1.165) is 44.9 Å². The number of nitrogens with zero attached hydrogens (tertiary/aromatic N) is 4. The van der Waals surface area contributed by atoms with E-state index in [1.54, 1.807) is 50.1 Å². The van der Waals surface area contributed by atoms with Crippen molar-refractivity contribution >= 4 is 57.3 Å². The van der Waals surface area contributed by atoms with Gasteiger partial charge in [0.05, 0.1) is 35.3 Å². The molecule has 2 aromatic heterocycles. The van der Waals surface area contributed by atoms with E-state index in [-0.39, 0.29) is 18.5 Å². The number of nitrogens with one attached hydrogen (secondary N) is 4. The Hall–Kier alpha value is -5.51. The SMILES string of the molecule is COC(=O)NCC(=O)N1CCC[C@H]1c1ncc(-c2ccc(-c3nc4ccc(NC(=O)NC(=O)[C@@H]5CCCN5C(=O)OC(C)(C)C)cc4s3)cc2)[nH]1. The molecular formula is C35H40N8O7S. The lowest BCUT2D eigenvalue weighted by Crippen LogP contribution is -2.49. The molecule has 51 heavy (non-hydrogen) atoms. The van der Waals surface area contributed by atoms with E-state index >= 15 is 0 Å². The maximum atomic E-state index is 12.9. The summed E-state index contributed by atoms with van der Waals surface area (Å²) < 4.78 is 10.8. The van der Waals surface area contributed by atoms with Gasteiger partial charge in [-0.05, 0) is 70.2 Å². The van der Waals surface area contributed by atoms with Crippen LogP contribution in [0.2, 0.25) is 0 Å². The van der Waals surface area contributed by atoms with E-state index in [1.807, 2.05) is 24.3 Å². The second-order valence-corrected chi connectivity index (χ2v) is 14.4. The molecule has 2 saturated heterocycles. The monoisotopic (exact) mass is 716 g/mol. The molecule has 2 aliphatic heterocycles. The normalized spacial score (nSPS) is 17.3. The maximum absolute atomic E-state index is 12.9. The highest BCUT2D eigenvalue weighted by molar-refractivity contribution is 7.21. The van der Waals surface area contributed by atoms with Gasteiger partial charge in [-0.3, -0.25) is 19.8 Å². The van der Waals surface area contributed by atoms with Gasteiger partial charge in [0, 0.05) is 24.3 Å². The molecule has 0 saturated carbocycles. The Morgan fingerprint density at radius 2 is 1.71 bits per heavy atom. The average Bonchev–Trinajstić information content (AvgIpc) is 3.92. The standard InChI is InChI=1S/C35H40N8O7S/c1-35(2,3)50-34(48)43-16-6-8-26(43)30(45)41-32(46)38-22-13-14-23-27(17-22)51-31(40-23)21-11-9-20(10-12-21)24-18-36-29(39-24)25-7-5-15-42(25)28(44)19-37-33(47)49-4/h9-14,17-18,25-26H,5-8,15-16,19H2,1-4H3,(H,36,39)(H,37,47)(H2,38,41,45,46)/t25-,26-/m0/s1. The second-order valence-electron chi connectivity index (χ2n) is 13.3. The first-order valence-corrected chi connectivity index (χ1v) is 17.5. The van der Waals surface area contributed by atoms with Gasteiger partial charge < -0.3 is 30.0 Å². The quantitative estimate of drug-likeness (QED) is 0.194. The van der Waals surface area contributed by atoms with Gasteiger partial charge in [-0.2, -0.15) is 0 Å². The van der Waals surface area contributed by atoms with Crippen molar-refractivity contribution in [2.24, 2.45) is 0 Å². The van der Waals surface area contributed by atoms with Gasteiger partial charge in [0.2, 0.25) is 5.91 Å². The average molecular weight is 717 g/mol. The summed E-state index contributed by atoms with van der Waals surface area (Å²) in [5.41, 5.74) is 3.20. The molecule has 6 amide bonds. The number of aromatic amines is 1. The molecule has 4 heterocycles. The number of urea groups is 1. The number of hydrogen-bond acceptors (Lipinski definition) is 10. The second kappa shape index (κ2) is 14.8. The molecule has 4 aromatic rings. The van der Waals surface area contributed by atoms with Crippen LogP contribution in [0.3, 0.4) is 0 Å². The zero-order valence-electron chi connectivity index (χ0n) is 28.8. The maximum Gasteiger partial charge on any atom is 0.410 e. The number of H-pyrrole nitrogens is 1. The molecule has 2 aliphatic rings. The van der Waals surface area contributed by atoms with E-state index in [9.17, 15) is 24.0 Å². The summed E-state index contributed by atoms with van der Waals surface area (Å²) in [4.78, 5) is 78.1. The van der Waals surface area contributed by atoms with Crippen LogP contribution in [0.5, 0.6) is 0 Å². The third kappa shape index (κ3) is 8.28. The molecule has 4 N–H and O–H groups in total. The van der Waals surface area contributed by atoms with Crippen LogP contribution in [0, 0.1) is 0 Å². The van der Waals surface area contributed by atoms with Crippen molar-refractivity contribution in [3.63, 3.8) is 0 Å². The number of benzene rings is 2. The Bertz CT molecular complexity index is 1950. The zero-order chi connectivity index (χ0) is 36.3. The number of likely N-dealkylation sites (tertiary alicyclic amines) is 2. The number of imide groups is 1. The molecule has 2 atom stereocenters. The van der Waals surface area contributed by atoms with Gasteiger partial charge in [0.1, 0.15) is 29.0 Å². The third-order valence-corrected chi connectivity index (χ3v) is 9.63. The lowest BCUT2D eigenvalue weighted by atomic mass is 10.1. The number of amides is 6. The number of alkyl carbamates (subject to hydrolysis) is 1. The first-order chi connectivity index (χ1) is 24.4. The van der Waals surface area contributed by atoms with Crippen molar-refractivity contribution in [1.82, 2.24) is 35.4 Å². The van der Waals surface area contributed by atoms with Gasteiger partial charge in [0.15, 0.2) is 0 Å². The number of methoxy groups -OCH3 is 1. The third-order valence-electron chi connectivity index (χ3n) is 8.56. The number of ether oxygens (including phenoxy) is 2. The minimum atomic E-state index is -0.782. The highest BCUT2D eigenvalue weighted by Gasteiger charge is 2.37. The van der Waals surface area contributed by atoms with Crippen LogP contribution in [-0.4, -0.2) is 93.2 Å². The van der Waals surface area contributed by atoms with Crippen molar-refractivity contribution in [1.29, 1.82) is 0 Å². The molecule has 6 rings (SSSR count). The van der Waals surface area contributed by atoms with Crippen LogP contribution in [0.1, 0.15) is 58.3 Å². The van der Waals surface area contributed by atoms with Crippen molar-refractivity contribution in [3.05, 3.63) is 54.5 Å². The highest BCUT2D eigenvalue weighted by atomic mass is 32.1. The lowest BCUT2D eigenvalue weighted by Gasteiger charge is -2.27. The Morgan fingerprint density at radius 3 is 2.45 bits per heavy atom. The molecule has 15 nitrogen and oxygen atoms in total. The largest absolute Gasteiger partial charge is 0.453 e. The van der Waals surface area contributed by atoms with Crippen LogP contribution >= 0.6 is 11.3 Å². The lowest BCUT2D eigenvalue weighted by molar-refractivity contribution is -0.131. The fraction of sp³-hybridized carbons (Fsp3) is 0.400. The number of fused-ring (bicyclic) bond motifs is 1. The van der Waals surface area contributed by atoms with Crippen LogP contribution in [-0.2, 0) is 19.1 Å². The van der Waals surface area contributed by atoms with Gasteiger partial charge in [-0.15, -0.1) is 11.3 Å². The smallest absolute Gasteiger partial charge is 0.410 e. The van der Waals surface area contributed by atoms with Gasteiger partial charge >= 0.3 is 18.2 Å². The van der Waals surface area contributed by atoms with E-state index in [2.05, 4.69) is 30.7 Å². The number of aromatic nitrogens is 3. The number of anilines is 1. The molecule has 0 aliphatic carbocycles. The summed E-state index contributed by atoms with van der Waals surface area (Å²) in [6, 6.07) is 11.5. The number of carbonyl (C=O) groups is 5. The van der Waals surface area contributed by atoms with Gasteiger partial charge in [0.25, 0.3) is 5.91 Å². The Labute approximate surface area is 298 Å². The minimum Gasteiger partial charge on any atom is -0.453 e. The van der Waals surface area contributed by atoms with E-state index in [1.165, 1.54) is 23.3 Å². The molecule has 0 bridgehead atoms. The molecule has 268 valence electrons. The summed E-state index contributed by atoms with van der Waals surface area (Å²) in [5.74, 6) is -0.0739. The van der Waals surface area contributed by atoms with Gasteiger partial charge in [-0.25, -0.2) is 24.4 Å². The van der Waals surface area contributed by atoms with Crippen LogP contribution in [0.4, 0.5) is 20.1 Å². The van der Waals surface area contributed by atoms with E-state index < -0.39 is 35.8 Å². The van der Waals surface area contributed by atoms with Crippen molar-refractivity contribution in [2.45, 2.75) is 64.1 Å². The summed E-state index contributed by atoms with van der Waals surface area (Å²) in [7, 11) is 1.25. The minimum absolute atomic E-state index is 0.143. The molecule has 0 spiro atoms. The number of imidazole rings is 1. The first kappa shape index (κ1) is 35.3. The zero-order valence-corrected chi connectivity index (χ0v) is 29.6. The van der Waals surface area contributed by atoms with Crippen molar-refractivity contribution < 1.29 is 33.4 Å². The fourth-order valence-electron chi connectivity index (χ4n) is 6.18. The molecular weight excluding hydrogens is 677 g/mol. The number of hydrogen-bond donors (Lipinski definition) is 4. The van der Waals surface area contributed by atoms with Gasteiger partial charge in [-0.1, -0.05) is 24.3 Å². The van der Waals surface area contributed by atoms with Crippen molar-refractivity contribution in [3.8, 4) is 21.8 Å². The summed E-state index contributed by atoms with van der Waals surface area (Å²) >= 11 is 1.47. The predicted molar refractivity (Wildman–Crippen MR) is 190 cm³/mol. The van der Waals surface area contributed by atoms with Crippen molar-refractivity contribution in [2.75, 3.05) is 32.1 Å². The number of thiazole rings is 1. The molecule has 2 fully saturated rings. The van der Waals surface area contributed by atoms with E-state index in [0.29, 0.717) is 37.4 Å². The molecule has 16 heteroatoms. The summed E-state index contributed by atoms with van der Waals surface area (Å²) in [6.45, 7) is 6.10. The summed E-state index contributed by atoms with van der Waals surface area (Å²) in [6.07, 6.45) is 3.20. The number of carbonyl (C=O) groups excluding carboxylic acids is 5. The number of rotatable bonds is 7. The molecule has 0 radical (unpaired) electrons. The fourth-order valence-corrected chi connectivity index (χ4v) is 7.19. The Morgan fingerprint density at radius 1 is 0.980 bits per heavy atom. The summed E-state index contributed by atoms with van der Waals surface area (Å²) in [5, 5.41) is 8.30. The van der Waals surface area contributed by atoms with E-state index in [4.69, 9.17) is 9.72 Å². The van der Waals surface area contributed by atoms with Crippen LogP contribution in [0.25, 0.3) is 32.0 Å². The van der Waals surface area contributed by atoms with Crippen LogP contribution < -0.4 is 16.0 Å². The Balaban J connectivity index is 1.07. The molecule has 2 aromatic carbocycles. The molecule has 0 unspecified atom stereocenters. The first-order valence-electron chi connectivity index (χ1n) is 16.7. The highest BCUT2D eigenvalue weighted by Crippen LogP contribution is 2.34.